The number of nitrogens with two attached hydrogens (primary N) is 1. The van der Waals surface area contributed by atoms with Crippen LogP contribution in [0.15, 0.2) is 12.3 Å². The highest BCUT2D eigenvalue weighted by atomic mass is 35.5. The zero-order chi connectivity index (χ0) is 14.2. The average molecular weight is 283 g/mol. The van der Waals surface area contributed by atoms with Crippen molar-refractivity contribution in [3.05, 3.63) is 23.0 Å². The first-order chi connectivity index (χ1) is 8.90. The molecule has 5 nitrogen and oxygen atoms in total. The molecule has 0 saturated carbocycles. The van der Waals surface area contributed by atoms with E-state index in [0.717, 1.165) is 0 Å². The van der Waals surface area contributed by atoms with E-state index in [-0.39, 0.29) is 11.1 Å². The molecule has 19 heavy (non-hydrogen) atoms. The fourth-order valence-corrected chi connectivity index (χ4v) is 2.54. The average Bonchev–Trinajstić information content (AvgIpc) is 2.37. The number of amides is 1. The van der Waals surface area contributed by atoms with Gasteiger partial charge < -0.3 is 10.6 Å². The molecule has 0 spiro atoms. The van der Waals surface area contributed by atoms with E-state index in [1.54, 1.807) is 6.07 Å². The van der Waals surface area contributed by atoms with Crippen molar-refractivity contribution in [2.45, 2.75) is 25.9 Å². The number of pyridine rings is 1. The van der Waals surface area contributed by atoms with Crippen LogP contribution >= 0.6 is 11.6 Å². The maximum absolute atomic E-state index is 12.5. The molecule has 1 aromatic rings. The Bertz CT molecular complexity index is 482. The second-order valence-electron chi connectivity index (χ2n) is 5.18. The summed E-state index contributed by atoms with van der Waals surface area (Å²) in [5.74, 6) is -0.100. The standard InChI is InChI=1S/C13H19ClN4O/c1-8-6-18(7-9(2)17(8)3)13(19)11-4-10(15)5-16-12(11)14/h4-5,8-9H,6-7,15H2,1-3H3. The third kappa shape index (κ3) is 2.82. The Labute approximate surface area is 118 Å². The van der Waals surface area contributed by atoms with Gasteiger partial charge in [0.2, 0.25) is 0 Å². The van der Waals surface area contributed by atoms with Crippen molar-refractivity contribution >= 4 is 23.2 Å². The van der Waals surface area contributed by atoms with E-state index in [0.29, 0.717) is 36.4 Å². The highest BCUT2D eigenvalue weighted by Crippen LogP contribution is 2.21. The van der Waals surface area contributed by atoms with Gasteiger partial charge in [0.25, 0.3) is 5.91 Å². The van der Waals surface area contributed by atoms with E-state index >= 15 is 0 Å². The first kappa shape index (κ1) is 14.1. The van der Waals surface area contributed by atoms with Crippen LogP contribution in [0.25, 0.3) is 0 Å². The largest absolute Gasteiger partial charge is 0.397 e. The molecule has 1 aromatic heterocycles. The van der Waals surface area contributed by atoms with E-state index < -0.39 is 0 Å². The van der Waals surface area contributed by atoms with Gasteiger partial charge in [-0.1, -0.05) is 11.6 Å². The summed E-state index contributed by atoms with van der Waals surface area (Å²) in [7, 11) is 2.08. The first-order valence-corrected chi connectivity index (χ1v) is 6.70. The van der Waals surface area contributed by atoms with Gasteiger partial charge in [-0.3, -0.25) is 9.69 Å². The Balaban J connectivity index is 2.22. The van der Waals surface area contributed by atoms with Crippen molar-refractivity contribution < 1.29 is 4.79 Å². The van der Waals surface area contributed by atoms with Crippen LogP contribution in [0.5, 0.6) is 0 Å². The van der Waals surface area contributed by atoms with Gasteiger partial charge in [-0.2, -0.15) is 0 Å². The monoisotopic (exact) mass is 282 g/mol. The Morgan fingerprint density at radius 1 is 1.42 bits per heavy atom. The second-order valence-corrected chi connectivity index (χ2v) is 5.54. The summed E-state index contributed by atoms with van der Waals surface area (Å²) < 4.78 is 0. The number of hydrogen-bond acceptors (Lipinski definition) is 4. The molecule has 6 heteroatoms. The Hall–Kier alpha value is -1.33. The van der Waals surface area contributed by atoms with Gasteiger partial charge in [-0.15, -0.1) is 0 Å². The van der Waals surface area contributed by atoms with Crippen LogP contribution in [0.4, 0.5) is 5.69 Å². The van der Waals surface area contributed by atoms with Crippen molar-refractivity contribution in [2.24, 2.45) is 0 Å². The number of rotatable bonds is 1. The molecule has 1 saturated heterocycles. The lowest BCUT2D eigenvalue weighted by molar-refractivity contribution is 0.0414. The van der Waals surface area contributed by atoms with Crippen LogP contribution in [-0.4, -0.2) is 52.9 Å². The molecular weight excluding hydrogens is 264 g/mol. The summed E-state index contributed by atoms with van der Waals surface area (Å²) in [5, 5.41) is 0.207. The molecule has 0 aliphatic carbocycles. The van der Waals surface area contributed by atoms with Crippen molar-refractivity contribution in [1.29, 1.82) is 0 Å². The van der Waals surface area contributed by atoms with Crippen LogP contribution in [0.2, 0.25) is 5.15 Å². The third-order valence-corrected chi connectivity index (χ3v) is 4.04. The minimum Gasteiger partial charge on any atom is -0.397 e. The molecule has 104 valence electrons. The fourth-order valence-electron chi connectivity index (χ4n) is 2.35. The van der Waals surface area contributed by atoms with Gasteiger partial charge in [0, 0.05) is 25.2 Å². The SMILES string of the molecule is CC1CN(C(=O)c2cc(N)cnc2Cl)CC(C)N1C. The zero-order valence-corrected chi connectivity index (χ0v) is 12.2. The number of hydrogen-bond donors (Lipinski definition) is 1. The number of aromatic nitrogens is 1. The summed E-state index contributed by atoms with van der Waals surface area (Å²) >= 11 is 5.99. The molecule has 0 bridgehead atoms. The van der Waals surface area contributed by atoms with Crippen LogP contribution in [0, 0.1) is 0 Å². The van der Waals surface area contributed by atoms with Crippen LogP contribution < -0.4 is 5.73 Å². The van der Waals surface area contributed by atoms with Crippen molar-refractivity contribution in [3.63, 3.8) is 0 Å². The summed E-state index contributed by atoms with van der Waals surface area (Å²) in [6, 6.07) is 2.23. The summed E-state index contributed by atoms with van der Waals surface area (Å²) in [6.45, 7) is 5.58. The molecule has 0 radical (unpaired) electrons. The normalized spacial score (nSPS) is 24.5. The maximum Gasteiger partial charge on any atom is 0.257 e. The molecule has 1 amide bonds. The third-order valence-electron chi connectivity index (χ3n) is 3.74. The van der Waals surface area contributed by atoms with E-state index in [1.807, 2.05) is 4.90 Å². The lowest BCUT2D eigenvalue weighted by Crippen LogP contribution is -2.56. The molecule has 1 aliphatic rings. The van der Waals surface area contributed by atoms with Gasteiger partial charge >= 0.3 is 0 Å². The summed E-state index contributed by atoms with van der Waals surface area (Å²) in [6.07, 6.45) is 1.45. The maximum atomic E-state index is 12.5. The molecule has 1 fully saturated rings. The number of halogens is 1. The molecule has 1 aliphatic heterocycles. The topological polar surface area (TPSA) is 62.5 Å². The lowest BCUT2D eigenvalue weighted by Gasteiger charge is -2.42. The van der Waals surface area contributed by atoms with Crippen molar-refractivity contribution in [2.75, 3.05) is 25.9 Å². The number of anilines is 1. The fraction of sp³-hybridized carbons (Fsp3) is 0.538. The number of nitrogen functional groups attached to an aromatic ring is 1. The van der Waals surface area contributed by atoms with E-state index in [9.17, 15) is 4.79 Å². The molecular formula is C13H19ClN4O. The number of carbonyl (C=O) groups excluding carboxylic acids is 1. The predicted octanol–water partition coefficient (Wildman–Crippen LogP) is 1.48. The van der Waals surface area contributed by atoms with Gasteiger partial charge in [-0.25, -0.2) is 4.98 Å². The smallest absolute Gasteiger partial charge is 0.257 e. The van der Waals surface area contributed by atoms with Crippen LogP contribution in [0.1, 0.15) is 24.2 Å². The molecule has 0 aromatic carbocycles. The van der Waals surface area contributed by atoms with Gasteiger partial charge in [-0.05, 0) is 27.0 Å². The summed E-state index contributed by atoms with van der Waals surface area (Å²) in [5.41, 5.74) is 6.50. The molecule has 2 rings (SSSR count). The van der Waals surface area contributed by atoms with Crippen LogP contribution in [0.3, 0.4) is 0 Å². The van der Waals surface area contributed by atoms with E-state index in [2.05, 4.69) is 30.8 Å². The summed E-state index contributed by atoms with van der Waals surface area (Å²) in [4.78, 5) is 20.5. The van der Waals surface area contributed by atoms with Crippen molar-refractivity contribution in [3.8, 4) is 0 Å². The molecule has 2 unspecified atom stereocenters. The minimum atomic E-state index is -0.100. The Morgan fingerprint density at radius 3 is 2.58 bits per heavy atom. The Morgan fingerprint density at radius 2 is 2.00 bits per heavy atom. The predicted molar refractivity (Wildman–Crippen MR) is 76.2 cm³/mol. The van der Waals surface area contributed by atoms with Crippen molar-refractivity contribution in [1.82, 2.24) is 14.8 Å². The highest BCUT2D eigenvalue weighted by molar-refractivity contribution is 6.32. The number of likely N-dealkylation sites (N-methyl/N-ethyl adjacent to an activating group) is 1. The van der Waals surface area contributed by atoms with Gasteiger partial charge in [0.15, 0.2) is 0 Å². The quantitative estimate of drug-likeness (QED) is 0.793. The molecule has 2 atom stereocenters. The number of nitrogens with zero attached hydrogens (tertiary/aromatic N) is 3. The van der Waals surface area contributed by atoms with Gasteiger partial charge in [0.1, 0.15) is 5.15 Å². The van der Waals surface area contributed by atoms with Crippen LogP contribution in [-0.2, 0) is 0 Å². The molecule has 2 N–H and O–H groups in total. The molecule has 2 heterocycles. The highest BCUT2D eigenvalue weighted by Gasteiger charge is 2.30. The lowest BCUT2D eigenvalue weighted by atomic mass is 10.1. The first-order valence-electron chi connectivity index (χ1n) is 6.32. The minimum absolute atomic E-state index is 0.100. The Kier molecular flexibility index (Phi) is 3.96. The zero-order valence-electron chi connectivity index (χ0n) is 11.4. The number of carbonyl (C=O) groups is 1. The van der Waals surface area contributed by atoms with Gasteiger partial charge in [0.05, 0.1) is 17.4 Å². The van der Waals surface area contributed by atoms with E-state index in [1.165, 1.54) is 6.20 Å². The second kappa shape index (κ2) is 5.35. The number of piperazine rings is 1. The van der Waals surface area contributed by atoms with E-state index in [4.69, 9.17) is 17.3 Å².